The average molecular weight is 290 g/mol. The van der Waals surface area contributed by atoms with Gasteiger partial charge in [0.25, 0.3) is 0 Å². The molecule has 3 N–H and O–H groups in total. The molecule has 0 aromatic heterocycles. The number of carbonyl (C=O) groups excluding carboxylic acids is 1. The van der Waals surface area contributed by atoms with E-state index in [1.54, 1.807) is 0 Å². The van der Waals surface area contributed by atoms with Crippen LogP contribution in [-0.2, 0) is 16.1 Å². The molecule has 0 radical (unpaired) electrons. The highest BCUT2D eigenvalue weighted by Crippen LogP contribution is 2.29. The molecule has 0 aliphatic heterocycles. The first-order chi connectivity index (χ1) is 10.3. The third kappa shape index (κ3) is 5.86. The molecule has 0 spiro atoms. The highest BCUT2D eigenvalue weighted by Gasteiger charge is 2.16. The monoisotopic (exact) mass is 290 g/mol. The maximum absolute atomic E-state index is 11.8. The van der Waals surface area contributed by atoms with Crippen LogP contribution in [0.2, 0.25) is 0 Å². The van der Waals surface area contributed by atoms with Gasteiger partial charge in [-0.1, -0.05) is 31.4 Å². The fourth-order valence-electron chi connectivity index (χ4n) is 2.42. The predicted octanol–water partition coefficient (Wildman–Crippen LogP) is 3.07. The van der Waals surface area contributed by atoms with Crippen LogP contribution in [0.25, 0.3) is 0 Å². The van der Waals surface area contributed by atoms with Crippen molar-refractivity contribution in [2.75, 3.05) is 18.5 Å². The lowest BCUT2D eigenvalue weighted by atomic mass is 9.83. The Morgan fingerprint density at radius 2 is 2.00 bits per heavy atom. The molecule has 1 aliphatic rings. The maximum atomic E-state index is 11.8. The summed E-state index contributed by atoms with van der Waals surface area (Å²) in [4.78, 5) is 11.8. The van der Waals surface area contributed by atoms with Gasteiger partial charge in [-0.2, -0.15) is 0 Å². The van der Waals surface area contributed by atoms with Crippen LogP contribution in [0, 0.1) is 5.92 Å². The second kappa shape index (κ2) is 8.80. The summed E-state index contributed by atoms with van der Waals surface area (Å²) in [6.07, 6.45) is 6.58. The van der Waals surface area contributed by atoms with Crippen molar-refractivity contribution in [1.82, 2.24) is 0 Å². The van der Waals surface area contributed by atoms with Gasteiger partial charge < -0.3 is 15.8 Å². The Labute approximate surface area is 127 Å². The fourth-order valence-corrected chi connectivity index (χ4v) is 2.42. The highest BCUT2D eigenvalue weighted by atomic mass is 16.5. The van der Waals surface area contributed by atoms with Gasteiger partial charge in [0.15, 0.2) is 0 Å². The molecule has 1 aromatic rings. The summed E-state index contributed by atoms with van der Waals surface area (Å²) in [5.74, 6) is 0.933. The highest BCUT2D eigenvalue weighted by molar-refractivity contribution is 5.90. The van der Waals surface area contributed by atoms with Gasteiger partial charge in [-0.05, 0) is 36.5 Å². The summed E-state index contributed by atoms with van der Waals surface area (Å²) >= 11 is 0. The second-order valence-corrected chi connectivity index (χ2v) is 5.75. The maximum Gasteiger partial charge on any atom is 0.224 e. The number of anilines is 1. The summed E-state index contributed by atoms with van der Waals surface area (Å²) in [6.45, 7) is 2.03. The van der Waals surface area contributed by atoms with Crippen LogP contribution < -0.4 is 11.1 Å². The van der Waals surface area contributed by atoms with Crippen LogP contribution in [0.5, 0.6) is 0 Å². The molecule has 1 amide bonds. The standard InChI is InChI=1S/C17H26N2O2/c18-13-15-6-8-16(9-7-15)19-17(20)5-2-11-21-12-10-14-3-1-4-14/h6-9,14H,1-5,10-13,18H2,(H,19,20). The van der Waals surface area contributed by atoms with Crippen molar-refractivity contribution in [1.29, 1.82) is 0 Å². The smallest absolute Gasteiger partial charge is 0.224 e. The number of ether oxygens (including phenoxy) is 1. The largest absolute Gasteiger partial charge is 0.381 e. The van der Waals surface area contributed by atoms with Crippen LogP contribution in [0.15, 0.2) is 24.3 Å². The van der Waals surface area contributed by atoms with Gasteiger partial charge in [0.05, 0.1) is 0 Å². The number of nitrogens with two attached hydrogens (primary N) is 1. The summed E-state index contributed by atoms with van der Waals surface area (Å²) in [5.41, 5.74) is 7.42. The van der Waals surface area contributed by atoms with Crippen molar-refractivity contribution < 1.29 is 9.53 Å². The molecule has 116 valence electrons. The first-order valence-electron chi connectivity index (χ1n) is 7.94. The summed E-state index contributed by atoms with van der Waals surface area (Å²) in [7, 11) is 0. The van der Waals surface area contributed by atoms with E-state index in [1.807, 2.05) is 24.3 Å². The lowest BCUT2D eigenvalue weighted by Gasteiger charge is -2.24. The topological polar surface area (TPSA) is 64.3 Å². The van der Waals surface area contributed by atoms with Crippen molar-refractivity contribution in [2.24, 2.45) is 11.7 Å². The van der Waals surface area contributed by atoms with Crippen molar-refractivity contribution >= 4 is 11.6 Å². The molecular weight excluding hydrogens is 264 g/mol. The third-order valence-corrected chi connectivity index (χ3v) is 4.06. The SMILES string of the molecule is NCc1ccc(NC(=O)CCCOCCC2CCC2)cc1. The van der Waals surface area contributed by atoms with E-state index in [9.17, 15) is 4.79 Å². The lowest BCUT2D eigenvalue weighted by Crippen LogP contribution is -2.15. The van der Waals surface area contributed by atoms with Crippen LogP contribution in [0.1, 0.15) is 44.1 Å². The van der Waals surface area contributed by atoms with Gasteiger partial charge in [0.1, 0.15) is 0 Å². The molecule has 2 rings (SSSR count). The molecule has 1 aliphatic carbocycles. The zero-order valence-corrected chi connectivity index (χ0v) is 12.6. The van der Waals surface area contributed by atoms with Gasteiger partial charge in [0, 0.05) is 31.9 Å². The zero-order valence-electron chi connectivity index (χ0n) is 12.6. The quantitative estimate of drug-likeness (QED) is 0.687. The van der Waals surface area contributed by atoms with Crippen LogP contribution >= 0.6 is 0 Å². The van der Waals surface area contributed by atoms with E-state index in [0.29, 0.717) is 19.6 Å². The van der Waals surface area contributed by atoms with Crippen LogP contribution in [-0.4, -0.2) is 19.1 Å². The summed E-state index contributed by atoms with van der Waals surface area (Å²) in [5, 5.41) is 2.89. The van der Waals surface area contributed by atoms with E-state index in [1.165, 1.54) is 25.7 Å². The van der Waals surface area contributed by atoms with Crippen molar-refractivity contribution in [3.05, 3.63) is 29.8 Å². The lowest BCUT2D eigenvalue weighted by molar-refractivity contribution is -0.116. The van der Waals surface area contributed by atoms with E-state index in [0.717, 1.165) is 30.2 Å². The normalized spacial score (nSPS) is 14.7. The molecule has 1 saturated carbocycles. The predicted molar refractivity (Wildman–Crippen MR) is 85.0 cm³/mol. The Morgan fingerprint density at radius 1 is 1.24 bits per heavy atom. The minimum atomic E-state index is 0.0399. The van der Waals surface area contributed by atoms with Crippen LogP contribution in [0.4, 0.5) is 5.69 Å². The van der Waals surface area contributed by atoms with Gasteiger partial charge in [-0.15, -0.1) is 0 Å². The number of nitrogens with one attached hydrogen (secondary N) is 1. The Bertz CT molecular complexity index is 427. The van der Waals surface area contributed by atoms with Gasteiger partial charge in [-0.3, -0.25) is 4.79 Å². The minimum absolute atomic E-state index is 0.0399. The van der Waals surface area contributed by atoms with Crippen molar-refractivity contribution in [2.45, 2.75) is 45.1 Å². The molecule has 0 saturated heterocycles. The molecule has 1 aromatic carbocycles. The molecule has 0 bridgehead atoms. The number of rotatable bonds is 9. The summed E-state index contributed by atoms with van der Waals surface area (Å²) in [6, 6.07) is 7.63. The van der Waals surface area contributed by atoms with Crippen molar-refractivity contribution in [3.63, 3.8) is 0 Å². The molecule has 1 fully saturated rings. The zero-order chi connectivity index (χ0) is 14.9. The number of hydrogen-bond donors (Lipinski definition) is 2. The molecule has 21 heavy (non-hydrogen) atoms. The molecule has 0 heterocycles. The van der Waals surface area contributed by atoms with Crippen LogP contribution in [0.3, 0.4) is 0 Å². The second-order valence-electron chi connectivity index (χ2n) is 5.75. The van der Waals surface area contributed by atoms with Gasteiger partial charge in [-0.25, -0.2) is 0 Å². The Balaban J connectivity index is 1.52. The molecule has 4 nitrogen and oxygen atoms in total. The number of carbonyl (C=O) groups is 1. The van der Waals surface area contributed by atoms with E-state index in [4.69, 9.17) is 10.5 Å². The van der Waals surface area contributed by atoms with Crippen molar-refractivity contribution in [3.8, 4) is 0 Å². The number of benzene rings is 1. The Hall–Kier alpha value is -1.39. The number of amides is 1. The van der Waals surface area contributed by atoms with E-state index in [-0.39, 0.29) is 5.91 Å². The minimum Gasteiger partial charge on any atom is -0.381 e. The number of hydrogen-bond acceptors (Lipinski definition) is 3. The fraction of sp³-hybridized carbons (Fsp3) is 0.588. The molecule has 4 heteroatoms. The molecule has 0 atom stereocenters. The third-order valence-electron chi connectivity index (χ3n) is 4.06. The Kier molecular flexibility index (Phi) is 6.70. The first kappa shape index (κ1) is 16.0. The summed E-state index contributed by atoms with van der Waals surface area (Å²) < 4.78 is 5.58. The van der Waals surface area contributed by atoms with Gasteiger partial charge in [0.2, 0.25) is 5.91 Å². The molecular formula is C17H26N2O2. The van der Waals surface area contributed by atoms with Gasteiger partial charge >= 0.3 is 0 Å². The average Bonchev–Trinajstić information content (AvgIpc) is 2.45. The van der Waals surface area contributed by atoms with E-state index < -0.39 is 0 Å². The van der Waals surface area contributed by atoms with E-state index in [2.05, 4.69) is 5.32 Å². The van der Waals surface area contributed by atoms with E-state index >= 15 is 0 Å². The Morgan fingerprint density at radius 3 is 2.62 bits per heavy atom. The first-order valence-corrected chi connectivity index (χ1v) is 7.94. The molecule has 0 unspecified atom stereocenters.